The predicted octanol–water partition coefficient (Wildman–Crippen LogP) is 11.9. The second kappa shape index (κ2) is 11.0. The molecule has 228 valence electrons. The Labute approximate surface area is 282 Å². The first kappa shape index (κ1) is 27.5. The number of fused-ring (bicyclic) bond motifs is 10. The summed E-state index contributed by atoms with van der Waals surface area (Å²) in [5, 5.41) is 9.37. The van der Waals surface area contributed by atoms with Gasteiger partial charge in [0.15, 0.2) is 17.5 Å². The molecule has 0 radical (unpaired) electrons. The molecule has 0 unspecified atom stereocenters. The summed E-state index contributed by atoms with van der Waals surface area (Å²) in [7, 11) is 0. The number of rotatable bonds is 4. The van der Waals surface area contributed by atoms with Crippen molar-refractivity contribution in [1.82, 2.24) is 15.0 Å². The monoisotopic (exact) mass is 625 g/mol. The minimum absolute atomic E-state index is 0.631. The first-order valence-corrected chi connectivity index (χ1v) is 16.4. The van der Waals surface area contributed by atoms with Gasteiger partial charge in [-0.15, -0.1) is 0 Å². The fraction of sp³-hybridized carbons (Fsp3) is 0. The van der Waals surface area contributed by atoms with E-state index in [1.54, 1.807) is 0 Å². The molecule has 0 aliphatic heterocycles. The standard InChI is InChI=1S/C45H27N3O/c1-3-12-28(13-4-1)30-16-11-17-31(26-30)44-46-43(29-14-5-2-6-15-29)47-45(48-44)32-22-23-36-38(27-32)34-19-8-7-18-33(34)35-24-25-40-42(41(35)36)37-20-9-10-21-39(37)49-40/h1-27H. The van der Waals surface area contributed by atoms with E-state index in [0.29, 0.717) is 17.5 Å². The molecule has 0 saturated heterocycles. The smallest absolute Gasteiger partial charge is 0.164 e. The number of benzene rings is 8. The van der Waals surface area contributed by atoms with Crippen molar-refractivity contribution in [1.29, 1.82) is 0 Å². The molecule has 10 rings (SSSR count). The van der Waals surface area contributed by atoms with Crippen LogP contribution in [0.3, 0.4) is 0 Å². The van der Waals surface area contributed by atoms with Gasteiger partial charge in [0.1, 0.15) is 11.2 Å². The lowest BCUT2D eigenvalue weighted by atomic mass is 9.91. The van der Waals surface area contributed by atoms with E-state index < -0.39 is 0 Å². The molecular weight excluding hydrogens is 599 g/mol. The van der Waals surface area contributed by atoms with Crippen LogP contribution in [0, 0.1) is 0 Å². The average Bonchev–Trinajstić information content (AvgIpc) is 3.57. The van der Waals surface area contributed by atoms with E-state index in [1.807, 2.05) is 48.5 Å². The van der Waals surface area contributed by atoms with Crippen molar-refractivity contribution in [2.75, 3.05) is 0 Å². The first-order valence-electron chi connectivity index (χ1n) is 16.4. The molecule has 0 saturated carbocycles. The topological polar surface area (TPSA) is 51.8 Å². The fourth-order valence-corrected chi connectivity index (χ4v) is 7.22. The van der Waals surface area contributed by atoms with E-state index in [1.165, 1.54) is 26.9 Å². The number of hydrogen-bond donors (Lipinski definition) is 0. The van der Waals surface area contributed by atoms with E-state index in [-0.39, 0.29) is 0 Å². The molecule has 49 heavy (non-hydrogen) atoms. The largest absolute Gasteiger partial charge is 0.456 e. The third kappa shape index (κ3) is 4.49. The van der Waals surface area contributed by atoms with E-state index in [9.17, 15) is 0 Å². The van der Waals surface area contributed by atoms with E-state index >= 15 is 0 Å². The van der Waals surface area contributed by atoms with Crippen molar-refractivity contribution < 1.29 is 4.42 Å². The normalized spacial score (nSPS) is 11.7. The Morgan fingerprint density at radius 3 is 1.57 bits per heavy atom. The predicted molar refractivity (Wildman–Crippen MR) is 201 cm³/mol. The highest BCUT2D eigenvalue weighted by molar-refractivity contribution is 6.34. The Morgan fingerprint density at radius 2 is 0.816 bits per heavy atom. The summed E-state index contributed by atoms with van der Waals surface area (Å²) in [5.41, 5.74) is 6.86. The van der Waals surface area contributed by atoms with E-state index in [2.05, 4.69) is 115 Å². The van der Waals surface area contributed by atoms with Crippen LogP contribution in [0.5, 0.6) is 0 Å². The summed E-state index contributed by atoms with van der Waals surface area (Å²) in [6.07, 6.45) is 0. The van der Waals surface area contributed by atoms with Gasteiger partial charge in [-0.3, -0.25) is 0 Å². The summed E-state index contributed by atoms with van der Waals surface area (Å²) in [5.74, 6) is 1.91. The van der Waals surface area contributed by atoms with Gasteiger partial charge in [0.2, 0.25) is 0 Å². The SMILES string of the molecule is c1ccc(-c2cccc(-c3nc(-c4ccccc4)nc(-c4ccc5c(c4)c4ccccc4c4ccc6oc7ccccc7c6c45)n3)c2)cc1. The average molecular weight is 626 g/mol. The van der Waals surface area contributed by atoms with E-state index in [4.69, 9.17) is 19.4 Å². The molecule has 4 nitrogen and oxygen atoms in total. The minimum atomic E-state index is 0.631. The zero-order valence-electron chi connectivity index (χ0n) is 26.3. The highest BCUT2D eigenvalue weighted by Crippen LogP contribution is 2.43. The van der Waals surface area contributed by atoms with Gasteiger partial charge >= 0.3 is 0 Å². The number of nitrogens with zero attached hydrogens (tertiary/aromatic N) is 3. The minimum Gasteiger partial charge on any atom is -0.456 e. The molecule has 0 bridgehead atoms. The Balaban J connectivity index is 1.23. The number of para-hydroxylation sites is 1. The molecule has 0 N–H and O–H groups in total. The second-order valence-corrected chi connectivity index (χ2v) is 12.4. The molecule has 2 heterocycles. The van der Waals surface area contributed by atoms with Gasteiger partial charge in [0, 0.05) is 32.8 Å². The Kier molecular flexibility index (Phi) is 6.15. The molecule has 4 heteroatoms. The van der Waals surface area contributed by atoms with Crippen molar-refractivity contribution in [2.45, 2.75) is 0 Å². The van der Waals surface area contributed by atoms with Crippen LogP contribution in [-0.2, 0) is 0 Å². The van der Waals surface area contributed by atoms with Gasteiger partial charge < -0.3 is 4.42 Å². The van der Waals surface area contributed by atoms with Gasteiger partial charge in [-0.1, -0.05) is 133 Å². The van der Waals surface area contributed by atoms with Crippen LogP contribution in [0.15, 0.2) is 168 Å². The number of furan rings is 1. The highest BCUT2D eigenvalue weighted by Gasteiger charge is 2.18. The molecule has 0 atom stereocenters. The third-order valence-corrected chi connectivity index (χ3v) is 9.49. The lowest BCUT2D eigenvalue weighted by molar-refractivity contribution is 0.669. The number of aromatic nitrogens is 3. The van der Waals surface area contributed by atoms with Crippen molar-refractivity contribution in [3.63, 3.8) is 0 Å². The summed E-state index contributed by atoms with van der Waals surface area (Å²) in [6.45, 7) is 0. The maximum Gasteiger partial charge on any atom is 0.164 e. The summed E-state index contributed by atoms with van der Waals surface area (Å²) in [6, 6.07) is 56.8. The van der Waals surface area contributed by atoms with Gasteiger partial charge in [-0.25, -0.2) is 15.0 Å². The third-order valence-electron chi connectivity index (χ3n) is 9.49. The summed E-state index contributed by atoms with van der Waals surface area (Å²) < 4.78 is 6.33. The maximum absolute atomic E-state index is 6.33. The second-order valence-electron chi connectivity index (χ2n) is 12.4. The van der Waals surface area contributed by atoms with Gasteiger partial charge in [0.05, 0.1) is 0 Å². The summed E-state index contributed by atoms with van der Waals surface area (Å²) >= 11 is 0. The van der Waals surface area contributed by atoms with Crippen LogP contribution in [0.2, 0.25) is 0 Å². The van der Waals surface area contributed by atoms with Gasteiger partial charge in [-0.2, -0.15) is 0 Å². The van der Waals surface area contributed by atoms with Crippen LogP contribution in [0.1, 0.15) is 0 Å². The van der Waals surface area contributed by atoms with Crippen LogP contribution < -0.4 is 0 Å². The molecule has 0 spiro atoms. The highest BCUT2D eigenvalue weighted by atomic mass is 16.3. The van der Waals surface area contributed by atoms with Crippen molar-refractivity contribution in [2.24, 2.45) is 0 Å². The maximum atomic E-state index is 6.33. The van der Waals surface area contributed by atoms with Gasteiger partial charge in [-0.05, 0) is 68.4 Å². The van der Waals surface area contributed by atoms with Crippen LogP contribution in [0.4, 0.5) is 0 Å². The Morgan fingerprint density at radius 1 is 0.286 bits per heavy atom. The molecule has 0 amide bonds. The quantitative estimate of drug-likeness (QED) is 0.183. The van der Waals surface area contributed by atoms with Crippen LogP contribution in [0.25, 0.3) is 99.5 Å². The zero-order chi connectivity index (χ0) is 32.3. The lowest BCUT2D eigenvalue weighted by Crippen LogP contribution is -2.00. The fourth-order valence-electron chi connectivity index (χ4n) is 7.22. The molecule has 0 aliphatic carbocycles. The Hall–Kier alpha value is -6.65. The molecule has 8 aromatic carbocycles. The van der Waals surface area contributed by atoms with Crippen molar-refractivity contribution in [3.8, 4) is 45.3 Å². The molecule has 10 aromatic rings. The van der Waals surface area contributed by atoms with Crippen LogP contribution >= 0.6 is 0 Å². The van der Waals surface area contributed by atoms with E-state index in [0.717, 1.165) is 55.1 Å². The van der Waals surface area contributed by atoms with Crippen LogP contribution in [-0.4, -0.2) is 15.0 Å². The van der Waals surface area contributed by atoms with Crippen molar-refractivity contribution in [3.05, 3.63) is 164 Å². The molecule has 0 aliphatic rings. The summed E-state index contributed by atoms with van der Waals surface area (Å²) in [4.78, 5) is 15.2. The van der Waals surface area contributed by atoms with Crippen molar-refractivity contribution >= 4 is 54.3 Å². The lowest BCUT2D eigenvalue weighted by Gasteiger charge is -2.13. The molecule has 0 fully saturated rings. The zero-order valence-corrected chi connectivity index (χ0v) is 26.3. The molecular formula is C45H27N3O. The number of hydrogen-bond acceptors (Lipinski definition) is 4. The molecule has 2 aromatic heterocycles. The first-order chi connectivity index (χ1) is 24.3. The van der Waals surface area contributed by atoms with Gasteiger partial charge in [0.25, 0.3) is 0 Å². The Bertz CT molecular complexity index is 2880.